The number of rotatable bonds is 26. The Morgan fingerprint density at radius 1 is 0.525 bits per heavy atom. The fraction of sp³-hybridized carbons (Fsp3) is 0.280. The summed E-state index contributed by atoms with van der Waals surface area (Å²) < 4.78 is 28.1. The Balaban J connectivity index is 0.978. The van der Waals surface area contributed by atoms with Crippen molar-refractivity contribution < 1.29 is 53.1 Å². The van der Waals surface area contributed by atoms with Gasteiger partial charge in [-0.05, 0) is 116 Å². The van der Waals surface area contributed by atoms with Crippen molar-refractivity contribution in [1.82, 2.24) is 0 Å². The molecule has 11 heteroatoms. The van der Waals surface area contributed by atoms with Gasteiger partial charge in [0.05, 0.1) is 43.1 Å². The predicted molar refractivity (Wildman–Crippen MR) is 232 cm³/mol. The number of carboxylic acids is 1. The number of benzene rings is 5. The molecule has 0 heterocycles. The van der Waals surface area contributed by atoms with Crippen molar-refractivity contribution in [2.45, 2.75) is 64.2 Å². The number of aromatic carboxylic acids is 1. The molecule has 0 fully saturated rings. The first-order valence-electron chi connectivity index (χ1n) is 20.6. The maximum atomic E-state index is 12.8. The minimum Gasteiger partial charge on any atom is -0.507 e. The van der Waals surface area contributed by atoms with Crippen LogP contribution in [0.1, 0.15) is 101 Å². The second kappa shape index (κ2) is 24.3. The number of hydrogen-bond donors (Lipinski definition) is 2. The number of phenols is 1. The molecule has 0 unspecified atom stereocenters. The van der Waals surface area contributed by atoms with Gasteiger partial charge in [-0.25, -0.2) is 14.4 Å². The zero-order chi connectivity index (χ0) is 43.2. The lowest BCUT2D eigenvalue weighted by Gasteiger charge is -2.12. The van der Waals surface area contributed by atoms with Gasteiger partial charge in [0.25, 0.3) is 0 Å². The molecule has 61 heavy (non-hydrogen) atoms. The fourth-order valence-corrected chi connectivity index (χ4v) is 6.40. The fourth-order valence-electron chi connectivity index (χ4n) is 6.40. The number of carbonyl (C=O) groups excluding carboxylic acids is 3. The summed E-state index contributed by atoms with van der Waals surface area (Å²) in [4.78, 5) is 48.6. The number of ketones is 1. The predicted octanol–water partition coefficient (Wildman–Crippen LogP) is 10.7. The van der Waals surface area contributed by atoms with E-state index >= 15 is 0 Å². The molecule has 0 saturated carbocycles. The SMILES string of the molecule is C=CC(=O)OCCCCCCOc1ccc(C(=O)Oc2ccc(-c3cc(OCCCCCCCCOc4ccc(C(=O)c5ccccc5)c(O)c4)ccc3C(=O)O)cc2)cc1. The molecule has 0 aromatic heterocycles. The molecular weight excluding hydrogens is 777 g/mol. The van der Waals surface area contributed by atoms with E-state index in [1.807, 2.05) is 6.07 Å². The number of aromatic hydroxyl groups is 1. The Bertz CT molecular complexity index is 2200. The number of carboxylic acid groups (broad SMARTS) is 1. The van der Waals surface area contributed by atoms with Crippen molar-refractivity contribution in [3.8, 4) is 39.9 Å². The average molecular weight is 829 g/mol. The van der Waals surface area contributed by atoms with Crippen molar-refractivity contribution in [2.75, 3.05) is 26.4 Å². The molecule has 5 aromatic rings. The zero-order valence-electron chi connectivity index (χ0n) is 34.2. The smallest absolute Gasteiger partial charge is 0.343 e. The zero-order valence-corrected chi connectivity index (χ0v) is 34.2. The third-order valence-electron chi connectivity index (χ3n) is 9.73. The van der Waals surface area contributed by atoms with Crippen molar-refractivity contribution in [3.05, 3.63) is 150 Å². The van der Waals surface area contributed by atoms with Gasteiger partial charge < -0.3 is 33.9 Å². The van der Waals surface area contributed by atoms with E-state index in [4.69, 9.17) is 23.7 Å². The first-order valence-corrected chi connectivity index (χ1v) is 20.6. The minimum absolute atomic E-state index is 0.105. The summed E-state index contributed by atoms with van der Waals surface area (Å²) in [5, 5.41) is 20.3. The molecule has 0 aliphatic rings. The Labute approximate surface area is 356 Å². The highest BCUT2D eigenvalue weighted by Crippen LogP contribution is 2.31. The molecule has 11 nitrogen and oxygen atoms in total. The van der Waals surface area contributed by atoms with E-state index < -0.39 is 17.9 Å². The van der Waals surface area contributed by atoms with Gasteiger partial charge in [-0.2, -0.15) is 0 Å². The number of phenolic OH excluding ortho intramolecular Hbond substituents is 1. The lowest BCUT2D eigenvalue weighted by Crippen LogP contribution is -2.08. The average Bonchev–Trinajstić information content (AvgIpc) is 3.28. The molecular formula is C50H52O11. The molecule has 5 rings (SSSR count). The molecule has 0 aliphatic heterocycles. The largest absolute Gasteiger partial charge is 0.507 e. The van der Waals surface area contributed by atoms with Crippen LogP contribution < -0.4 is 18.9 Å². The maximum absolute atomic E-state index is 12.8. The Morgan fingerprint density at radius 3 is 1.61 bits per heavy atom. The lowest BCUT2D eigenvalue weighted by molar-refractivity contribution is -0.137. The summed E-state index contributed by atoms with van der Waals surface area (Å²) in [5.74, 6) is -0.325. The van der Waals surface area contributed by atoms with Gasteiger partial charge in [-0.1, -0.05) is 74.7 Å². The van der Waals surface area contributed by atoms with Crippen LogP contribution >= 0.6 is 0 Å². The van der Waals surface area contributed by atoms with Gasteiger partial charge in [0.15, 0.2) is 5.78 Å². The Hall–Kier alpha value is -6.88. The van der Waals surface area contributed by atoms with Crippen LogP contribution in [0.5, 0.6) is 28.7 Å². The summed E-state index contributed by atoms with van der Waals surface area (Å²) in [6, 6.07) is 31.9. The third-order valence-corrected chi connectivity index (χ3v) is 9.73. The summed E-state index contributed by atoms with van der Waals surface area (Å²) in [5.41, 5.74) is 2.36. The summed E-state index contributed by atoms with van der Waals surface area (Å²) >= 11 is 0. The van der Waals surface area contributed by atoms with E-state index in [2.05, 4.69) is 6.58 Å². The second-order valence-corrected chi connectivity index (χ2v) is 14.3. The van der Waals surface area contributed by atoms with Crippen LogP contribution in [0, 0.1) is 0 Å². The Kier molecular flexibility index (Phi) is 18.0. The molecule has 0 spiro atoms. The summed E-state index contributed by atoms with van der Waals surface area (Å²) in [7, 11) is 0. The lowest BCUT2D eigenvalue weighted by atomic mass is 9.99. The van der Waals surface area contributed by atoms with Gasteiger partial charge in [0.1, 0.15) is 28.7 Å². The van der Waals surface area contributed by atoms with Gasteiger partial charge >= 0.3 is 17.9 Å². The van der Waals surface area contributed by atoms with E-state index in [9.17, 15) is 29.4 Å². The van der Waals surface area contributed by atoms with Crippen molar-refractivity contribution in [2.24, 2.45) is 0 Å². The molecule has 0 amide bonds. The summed E-state index contributed by atoms with van der Waals surface area (Å²) in [6.45, 7) is 5.26. The van der Waals surface area contributed by atoms with Crippen LogP contribution in [-0.2, 0) is 9.53 Å². The highest BCUT2D eigenvalue weighted by Gasteiger charge is 2.16. The van der Waals surface area contributed by atoms with E-state index in [0.717, 1.165) is 70.3 Å². The van der Waals surface area contributed by atoms with E-state index in [1.54, 1.807) is 97.1 Å². The van der Waals surface area contributed by atoms with Crippen molar-refractivity contribution in [1.29, 1.82) is 0 Å². The van der Waals surface area contributed by atoms with Crippen LogP contribution in [0.15, 0.2) is 128 Å². The van der Waals surface area contributed by atoms with Crippen LogP contribution in [0.3, 0.4) is 0 Å². The topological polar surface area (TPSA) is 155 Å². The first-order chi connectivity index (χ1) is 29.7. The third kappa shape index (κ3) is 14.7. The van der Waals surface area contributed by atoms with E-state index in [1.165, 1.54) is 12.1 Å². The van der Waals surface area contributed by atoms with Crippen LogP contribution in [0.4, 0.5) is 0 Å². The van der Waals surface area contributed by atoms with Crippen LogP contribution in [0.25, 0.3) is 11.1 Å². The number of unbranched alkanes of at least 4 members (excludes halogenated alkanes) is 8. The molecule has 0 atom stereocenters. The van der Waals surface area contributed by atoms with Crippen LogP contribution in [-0.4, -0.2) is 60.3 Å². The molecule has 0 saturated heterocycles. The highest BCUT2D eigenvalue weighted by molar-refractivity contribution is 6.10. The van der Waals surface area contributed by atoms with Crippen molar-refractivity contribution in [3.63, 3.8) is 0 Å². The van der Waals surface area contributed by atoms with Crippen molar-refractivity contribution >= 4 is 23.7 Å². The van der Waals surface area contributed by atoms with E-state index in [-0.39, 0.29) is 22.7 Å². The number of carbonyl (C=O) groups is 4. The highest BCUT2D eigenvalue weighted by atomic mass is 16.5. The number of ether oxygens (including phenoxy) is 5. The van der Waals surface area contributed by atoms with Crippen LogP contribution in [0.2, 0.25) is 0 Å². The standard InChI is InChI=1S/C50H52O11/c1-2-47(52)60-33-15-8-7-14-30-57-39-22-20-38(21-23-39)50(56)61-40-24-18-36(19-25-40)45-34-41(26-28-43(45)49(54)55)58-31-12-5-3-4-6-13-32-59-42-27-29-44(46(51)35-42)48(53)37-16-10-9-11-17-37/h2,9-11,16-29,34-35,51H,1,3-8,12-15,30-33H2,(H,54,55). The van der Waals surface area contributed by atoms with Gasteiger partial charge in [-0.15, -0.1) is 0 Å². The first kappa shape index (κ1) is 45.2. The Morgan fingerprint density at radius 2 is 1.03 bits per heavy atom. The molecule has 0 aliphatic carbocycles. The molecule has 318 valence electrons. The maximum Gasteiger partial charge on any atom is 0.343 e. The molecule has 0 radical (unpaired) electrons. The quantitative estimate of drug-likeness (QED) is 0.0180. The summed E-state index contributed by atoms with van der Waals surface area (Å²) in [6.07, 6.45) is 10.4. The van der Waals surface area contributed by atoms with Gasteiger partial charge in [-0.3, -0.25) is 4.79 Å². The minimum atomic E-state index is -1.06. The molecule has 0 bridgehead atoms. The monoisotopic (exact) mass is 828 g/mol. The van der Waals surface area contributed by atoms with Gasteiger partial charge in [0.2, 0.25) is 0 Å². The molecule has 5 aromatic carbocycles. The van der Waals surface area contributed by atoms with E-state index in [0.29, 0.717) is 71.7 Å². The van der Waals surface area contributed by atoms with Gasteiger partial charge in [0, 0.05) is 17.7 Å². The normalized spacial score (nSPS) is 10.7. The number of hydrogen-bond acceptors (Lipinski definition) is 10. The number of esters is 2. The second-order valence-electron chi connectivity index (χ2n) is 14.3. The molecule has 2 N–H and O–H groups in total.